The molecule has 2 aromatic rings. The maximum Gasteiger partial charge on any atom is 0.315 e. The van der Waals surface area contributed by atoms with E-state index < -0.39 is 17.7 Å². The number of carboxylic acids is 1. The number of rotatable bonds is 3. The third-order valence-corrected chi connectivity index (χ3v) is 2.60. The Labute approximate surface area is 98.3 Å². The molecular formula is C14H11FO2. The summed E-state index contributed by atoms with van der Waals surface area (Å²) in [6, 6.07) is 14.6. The first-order valence-corrected chi connectivity index (χ1v) is 5.22. The Morgan fingerprint density at radius 2 is 1.59 bits per heavy atom. The Balaban J connectivity index is 2.51. The van der Waals surface area contributed by atoms with Gasteiger partial charge in [-0.15, -0.1) is 0 Å². The maximum absolute atomic E-state index is 13.6. The van der Waals surface area contributed by atoms with Crippen molar-refractivity contribution in [1.82, 2.24) is 0 Å². The van der Waals surface area contributed by atoms with Crippen LogP contribution in [0.3, 0.4) is 0 Å². The molecule has 0 fully saturated rings. The molecule has 2 aromatic carbocycles. The van der Waals surface area contributed by atoms with E-state index >= 15 is 0 Å². The molecule has 0 radical (unpaired) electrons. The first-order valence-electron chi connectivity index (χ1n) is 5.22. The topological polar surface area (TPSA) is 37.3 Å². The van der Waals surface area contributed by atoms with E-state index in [9.17, 15) is 14.3 Å². The zero-order chi connectivity index (χ0) is 12.3. The predicted octanol–water partition coefficient (Wildman–Crippen LogP) is 3.04. The molecule has 0 bridgehead atoms. The first kappa shape index (κ1) is 11.3. The van der Waals surface area contributed by atoms with Gasteiger partial charge in [0.05, 0.1) is 0 Å². The second-order valence-electron chi connectivity index (χ2n) is 3.70. The largest absolute Gasteiger partial charge is 0.481 e. The molecule has 1 N–H and O–H groups in total. The molecule has 0 aliphatic carbocycles. The van der Waals surface area contributed by atoms with Gasteiger partial charge in [0.15, 0.2) is 0 Å². The zero-order valence-electron chi connectivity index (χ0n) is 9.01. The van der Waals surface area contributed by atoms with Crippen LogP contribution >= 0.6 is 0 Å². The minimum Gasteiger partial charge on any atom is -0.481 e. The average Bonchev–Trinajstić information content (AvgIpc) is 2.33. The minimum atomic E-state index is -1.05. The van der Waals surface area contributed by atoms with Gasteiger partial charge in [0.2, 0.25) is 0 Å². The fourth-order valence-corrected chi connectivity index (χ4v) is 1.81. The normalized spacial score (nSPS) is 12.1. The van der Waals surface area contributed by atoms with E-state index in [0.29, 0.717) is 5.56 Å². The van der Waals surface area contributed by atoms with Crippen LogP contribution in [0.1, 0.15) is 17.0 Å². The van der Waals surface area contributed by atoms with Crippen molar-refractivity contribution in [1.29, 1.82) is 0 Å². The van der Waals surface area contributed by atoms with Crippen LogP contribution in [-0.2, 0) is 4.79 Å². The Morgan fingerprint density at radius 1 is 1.00 bits per heavy atom. The molecule has 0 amide bonds. The molecule has 0 saturated carbocycles. The van der Waals surface area contributed by atoms with Crippen molar-refractivity contribution in [3.05, 3.63) is 71.5 Å². The molecule has 86 valence electrons. The SMILES string of the molecule is O=C(O)C(c1ccccc1)c1ccccc1F. The first-order chi connectivity index (χ1) is 8.20. The number of benzene rings is 2. The molecule has 0 spiro atoms. The van der Waals surface area contributed by atoms with Crippen molar-refractivity contribution < 1.29 is 14.3 Å². The highest BCUT2D eigenvalue weighted by molar-refractivity contribution is 5.80. The fourth-order valence-electron chi connectivity index (χ4n) is 1.81. The number of hydrogen-bond donors (Lipinski definition) is 1. The summed E-state index contributed by atoms with van der Waals surface area (Å²) in [5, 5.41) is 9.24. The fraction of sp³-hybridized carbons (Fsp3) is 0.0714. The molecule has 1 atom stereocenters. The van der Waals surface area contributed by atoms with Crippen LogP contribution in [0.2, 0.25) is 0 Å². The lowest BCUT2D eigenvalue weighted by molar-refractivity contribution is -0.137. The molecule has 2 rings (SSSR count). The quantitative estimate of drug-likeness (QED) is 0.879. The second kappa shape index (κ2) is 4.78. The van der Waals surface area contributed by atoms with Gasteiger partial charge >= 0.3 is 5.97 Å². The number of carboxylic acid groups (broad SMARTS) is 1. The summed E-state index contributed by atoms with van der Waals surface area (Å²) in [6.07, 6.45) is 0. The molecule has 1 unspecified atom stereocenters. The van der Waals surface area contributed by atoms with E-state index in [1.807, 2.05) is 0 Å². The van der Waals surface area contributed by atoms with Gasteiger partial charge in [0, 0.05) is 5.56 Å². The molecule has 0 aromatic heterocycles. The molecule has 0 aliphatic rings. The van der Waals surface area contributed by atoms with Gasteiger partial charge in [-0.1, -0.05) is 48.5 Å². The lowest BCUT2D eigenvalue weighted by Crippen LogP contribution is -2.14. The van der Waals surface area contributed by atoms with E-state index in [4.69, 9.17) is 0 Å². The minimum absolute atomic E-state index is 0.186. The van der Waals surface area contributed by atoms with Crippen molar-refractivity contribution in [3.8, 4) is 0 Å². The lowest BCUT2D eigenvalue weighted by Gasteiger charge is -2.13. The van der Waals surface area contributed by atoms with Crippen LogP contribution in [-0.4, -0.2) is 11.1 Å². The van der Waals surface area contributed by atoms with Crippen LogP contribution in [0, 0.1) is 5.82 Å². The third kappa shape index (κ3) is 2.33. The van der Waals surface area contributed by atoms with Gasteiger partial charge in [0.1, 0.15) is 11.7 Å². The smallest absolute Gasteiger partial charge is 0.315 e. The maximum atomic E-state index is 13.6. The van der Waals surface area contributed by atoms with E-state index in [1.165, 1.54) is 12.1 Å². The van der Waals surface area contributed by atoms with Gasteiger partial charge in [-0.3, -0.25) is 4.79 Å². The van der Waals surface area contributed by atoms with Gasteiger partial charge in [-0.25, -0.2) is 4.39 Å². The van der Waals surface area contributed by atoms with E-state index in [2.05, 4.69) is 0 Å². The highest BCUT2D eigenvalue weighted by Crippen LogP contribution is 2.26. The standard InChI is InChI=1S/C14H11FO2/c15-12-9-5-4-8-11(12)13(14(16)17)10-6-2-1-3-7-10/h1-9,13H,(H,16,17). The number of carbonyl (C=O) groups is 1. The average molecular weight is 230 g/mol. The van der Waals surface area contributed by atoms with Crippen molar-refractivity contribution in [2.24, 2.45) is 0 Å². The van der Waals surface area contributed by atoms with Crippen LogP contribution in [0.4, 0.5) is 4.39 Å². The van der Waals surface area contributed by atoms with Crippen LogP contribution < -0.4 is 0 Å². The summed E-state index contributed by atoms with van der Waals surface area (Å²) in [5.41, 5.74) is 0.760. The van der Waals surface area contributed by atoms with Crippen molar-refractivity contribution in [3.63, 3.8) is 0 Å². The molecule has 3 heteroatoms. The summed E-state index contributed by atoms with van der Waals surface area (Å²) >= 11 is 0. The number of aliphatic carboxylic acids is 1. The Bertz CT molecular complexity index is 523. The van der Waals surface area contributed by atoms with E-state index in [1.54, 1.807) is 42.5 Å². The Hall–Kier alpha value is -2.16. The van der Waals surface area contributed by atoms with Crippen molar-refractivity contribution in [2.45, 2.75) is 5.92 Å². The lowest BCUT2D eigenvalue weighted by atomic mass is 9.91. The molecule has 0 aliphatic heterocycles. The summed E-state index contributed by atoms with van der Waals surface area (Å²) in [7, 11) is 0. The highest BCUT2D eigenvalue weighted by atomic mass is 19.1. The highest BCUT2D eigenvalue weighted by Gasteiger charge is 2.24. The molecular weight excluding hydrogens is 219 g/mol. The van der Waals surface area contributed by atoms with Crippen LogP contribution in [0.15, 0.2) is 54.6 Å². The molecule has 2 nitrogen and oxygen atoms in total. The van der Waals surface area contributed by atoms with Gasteiger partial charge in [-0.2, -0.15) is 0 Å². The van der Waals surface area contributed by atoms with Crippen LogP contribution in [0.5, 0.6) is 0 Å². The van der Waals surface area contributed by atoms with Crippen molar-refractivity contribution >= 4 is 5.97 Å². The van der Waals surface area contributed by atoms with Crippen molar-refractivity contribution in [2.75, 3.05) is 0 Å². The zero-order valence-corrected chi connectivity index (χ0v) is 9.01. The van der Waals surface area contributed by atoms with E-state index in [0.717, 1.165) is 0 Å². The van der Waals surface area contributed by atoms with E-state index in [-0.39, 0.29) is 5.56 Å². The van der Waals surface area contributed by atoms with Gasteiger partial charge < -0.3 is 5.11 Å². The molecule has 0 heterocycles. The molecule has 17 heavy (non-hydrogen) atoms. The summed E-state index contributed by atoms with van der Waals surface area (Å²) in [4.78, 5) is 11.3. The monoisotopic (exact) mass is 230 g/mol. The Morgan fingerprint density at radius 3 is 2.18 bits per heavy atom. The number of halogens is 1. The predicted molar refractivity (Wildman–Crippen MR) is 62.3 cm³/mol. The second-order valence-corrected chi connectivity index (χ2v) is 3.70. The summed E-state index contributed by atoms with van der Waals surface area (Å²) < 4.78 is 13.6. The van der Waals surface area contributed by atoms with Gasteiger partial charge in [-0.05, 0) is 11.6 Å². The van der Waals surface area contributed by atoms with Crippen LogP contribution in [0.25, 0.3) is 0 Å². The third-order valence-electron chi connectivity index (χ3n) is 2.60. The van der Waals surface area contributed by atoms with Gasteiger partial charge in [0.25, 0.3) is 0 Å². The molecule has 0 saturated heterocycles. The Kier molecular flexibility index (Phi) is 3.19. The number of hydrogen-bond acceptors (Lipinski definition) is 1. The summed E-state index contributed by atoms with van der Waals surface area (Å²) in [5.74, 6) is -2.51. The summed E-state index contributed by atoms with van der Waals surface area (Å²) in [6.45, 7) is 0.